The van der Waals surface area contributed by atoms with E-state index in [0.29, 0.717) is 33.6 Å². The van der Waals surface area contributed by atoms with Gasteiger partial charge in [-0.2, -0.15) is 0 Å². The number of fused-ring (bicyclic) bond motifs is 2. The van der Waals surface area contributed by atoms with E-state index in [1.807, 2.05) is 0 Å². The number of ketones is 2. The van der Waals surface area contributed by atoms with Crippen LogP contribution in [0.15, 0.2) is 36.4 Å². The second kappa shape index (κ2) is 4.49. The minimum Gasteiger partial charge on any atom is -0.388 e. The predicted molar refractivity (Wildman–Crippen MR) is 78.8 cm³/mol. The lowest BCUT2D eigenvalue weighted by atomic mass is 9.82. The lowest BCUT2D eigenvalue weighted by Crippen LogP contribution is -2.23. The summed E-state index contributed by atoms with van der Waals surface area (Å²) in [6, 6.07) is 10.6. The zero-order valence-corrected chi connectivity index (χ0v) is 11.3. The molecule has 1 aliphatic rings. The lowest BCUT2D eigenvalue weighted by molar-refractivity contribution is 0.0980. The molecular formula is C16H14N2O2. The first kappa shape index (κ1) is 12.4. The van der Waals surface area contributed by atoms with Crippen LogP contribution in [0.25, 0.3) is 0 Å². The van der Waals surface area contributed by atoms with Crippen molar-refractivity contribution in [2.24, 2.45) is 0 Å². The van der Waals surface area contributed by atoms with Gasteiger partial charge in [0.2, 0.25) is 0 Å². The quantitative estimate of drug-likeness (QED) is 0.748. The van der Waals surface area contributed by atoms with Gasteiger partial charge in [0, 0.05) is 36.6 Å². The van der Waals surface area contributed by atoms with Crippen molar-refractivity contribution in [3.63, 3.8) is 0 Å². The van der Waals surface area contributed by atoms with Crippen LogP contribution in [-0.2, 0) is 0 Å². The monoisotopic (exact) mass is 266 g/mol. The number of benzene rings is 2. The predicted octanol–water partition coefficient (Wildman–Crippen LogP) is 2.55. The van der Waals surface area contributed by atoms with Gasteiger partial charge in [-0.1, -0.05) is 24.3 Å². The summed E-state index contributed by atoms with van der Waals surface area (Å²) < 4.78 is 0. The van der Waals surface area contributed by atoms with E-state index in [1.54, 1.807) is 50.5 Å². The Balaban J connectivity index is 2.34. The Labute approximate surface area is 116 Å². The molecule has 0 amide bonds. The van der Waals surface area contributed by atoms with Crippen molar-refractivity contribution in [1.29, 1.82) is 0 Å². The first-order valence-electron chi connectivity index (χ1n) is 6.40. The molecule has 0 unspecified atom stereocenters. The summed E-state index contributed by atoms with van der Waals surface area (Å²) in [4.78, 5) is 25.4. The van der Waals surface area contributed by atoms with E-state index in [1.165, 1.54) is 0 Å². The van der Waals surface area contributed by atoms with Crippen molar-refractivity contribution in [2.75, 3.05) is 24.7 Å². The Morgan fingerprint density at radius 1 is 0.700 bits per heavy atom. The molecule has 2 N–H and O–H groups in total. The van der Waals surface area contributed by atoms with Gasteiger partial charge in [-0.05, 0) is 12.1 Å². The van der Waals surface area contributed by atoms with E-state index in [0.717, 1.165) is 0 Å². The van der Waals surface area contributed by atoms with Crippen LogP contribution < -0.4 is 10.6 Å². The van der Waals surface area contributed by atoms with Crippen LogP contribution in [0.3, 0.4) is 0 Å². The molecule has 20 heavy (non-hydrogen) atoms. The number of carbonyl (C=O) groups is 2. The maximum atomic E-state index is 12.7. The molecule has 2 aromatic carbocycles. The summed E-state index contributed by atoms with van der Waals surface area (Å²) in [5.74, 6) is -0.228. The molecule has 0 spiro atoms. The summed E-state index contributed by atoms with van der Waals surface area (Å²) in [5.41, 5.74) is 3.19. The molecule has 0 aliphatic heterocycles. The Hall–Kier alpha value is -2.62. The number of anilines is 2. The zero-order chi connectivity index (χ0) is 14.3. The van der Waals surface area contributed by atoms with Crippen molar-refractivity contribution in [3.05, 3.63) is 58.7 Å². The van der Waals surface area contributed by atoms with Crippen LogP contribution in [0.4, 0.5) is 11.4 Å². The van der Waals surface area contributed by atoms with Crippen molar-refractivity contribution >= 4 is 22.9 Å². The summed E-state index contributed by atoms with van der Waals surface area (Å²) in [5, 5.41) is 5.95. The number of hydrogen-bond donors (Lipinski definition) is 2. The Kier molecular flexibility index (Phi) is 2.79. The zero-order valence-electron chi connectivity index (χ0n) is 11.3. The Bertz CT molecular complexity index is 672. The van der Waals surface area contributed by atoms with Crippen LogP contribution in [0.1, 0.15) is 31.8 Å². The molecule has 1 aliphatic carbocycles. The van der Waals surface area contributed by atoms with Gasteiger partial charge in [0.05, 0.1) is 11.1 Å². The first-order chi connectivity index (χ1) is 9.69. The highest BCUT2D eigenvalue weighted by molar-refractivity contribution is 6.31. The summed E-state index contributed by atoms with van der Waals surface area (Å²) in [7, 11) is 3.49. The standard InChI is InChI=1S/C16H14N2O2/c1-17-11-7-3-5-9-13(11)15(19)10-6-4-8-12(18-2)14(10)16(9)20/h3-8,17-18H,1-2H3. The maximum absolute atomic E-state index is 12.7. The minimum atomic E-state index is -0.114. The van der Waals surface area contributed by atoms with E-state index in [4.69, 9.17) is 0 Å². The summed E-state index contributed by atoms with van der Waals surface area (Å²) in [6.45, 7) is 0. The highest BCUT2D eigenvalue weighted by Crippen LogP contribution is 2.34. The SMILES string of the molecule is CNc1cccc2c1C(=O)c1cccc(NC)c1C2=O. The lowest BCUT2D eigenvalue weighted by Gasteiger charge is -2.21. The molecule has 0 radical (unpaired) electrons. The maximum Gasteiger partial charge on any atom is 0.196 e. The van der Waals surface area contributed by atoms with Crippen molar-refractivity contribution in [1.82, 2.24) is 0 Å². The molecule has 0 heterocycles. The van der Waals surface area contributed by atoms with Gasteiger partial charge in [-0.25, -0.2) is 0 Å². The van der Waals surface area contributed by atoms with Crippen molar-refractivity contribution in [2.45, 2.75) is 0 Å². The van der Waals surface area contributed by atoms with Crippen LogP contribution in [0.5, 0.6) is 0 Å². The first-order valence-corrected chi connectivity index (χ1v) is 6.40. The largest absolute Gasteiger partial charge is 0.388 e. The highest BCUT2D eigenvalue weighted by Gasteiger charge is 2.32. The fourth-order valence-electron chi connectivity index (χ4n) is 2.66. The van der Waals surface area contributed by atoms with Gasteiger partial charge < -0.3 is 10.6 Å². The molecule has 4 heteroatoms. The Morgan fingerprint density at radius 3 is 1.45 bits per heavy atom. The van der Waals surface area contributed by atoms with E-state index >= 15 is 0 Å². The molecule has 0 aromatic heterocycles. The fraction of sp³-hybridized carbons (Fsp3) is 0.125. The molecule has 0 fully saturated rings. The van der Waals surface area contributed by atoms with Crippen LogP contribution in [0, 0.1) is 0 Å². The third kappa shape index (κ3) is 1.54. The third-order valence-corrected chi connectivity index (χ3v) is 3.61. The molecule has 100 valence electrons. The van der Waals surface area contributed by atoms with Crippen molar-refractivity contribution < 1.29 is 9.59 Å². The molecule has 0 saturated carbocycles. The normalized spacial score (nSPS) is 12.7. The molecule has 0 saturated heterocycles. The smallest absolute Gasteiger partial charge is 0.196 e. The molecular weight excluding hydrogens is 252 g/mol. The molecule has 2 aromatic rings. The second-order valence-corrected chi connectivity index (χ2v) is 4.61. The number of nitrogens with one attached hydrogen (secondary N) is 2. The van der Waals surface area contributed by atoms with Crippen molar-refractivity contribution in [3.8, 4) is 0 Å². The summed E-state index contributed by atoms with van der Waals surface area (Å²) >= 11 is 0. The van der Waals surface area contributed by atoms with E-state index < -0.39 is 0 Å². The van der Waals surface area contributed by atoms with E-state index in [9.17, 15) is 9.59 Å². The second-order valence-electron chi connectivity index (χ2n) is 4.61. The topological polar surface area (TPSA) is 58.2 Å². The Morgan fingerprint density at radius 2 is 1.10 bits per heavy atom. The van der Waals surface area contributed by atoms with E-state index in [-0.39, 0.29) is 11.6 Å². The summed E-state index contributed by atoms with van der Waals surface area (Å²) in [6.07, 6.45) is 0. The van der Waals surface area contributed by atoms with Crippen LogP contribution >= 0.6 is 0 Å². The molecule has 0 bridgehead atoms. The molecule has 0 atom stereocenters. The van der Waals surface area contributed by atoms with Gasteiger partial charge in [-0.3, -0.25) is 9.59 Å². The average molecular weight is 266 g/mol. The van der Waals surface area contributed by atoms with Gasteiger partial charge in [0.15, 0.2) is 11.6 Å². The van der Waals surface area contributed by atoms with E-state index in [2.05, 4.69) is 10.6 Å². The third-order valence-electron chi connectivity index (χ3n) is 3.61. The highest BCUT2D eigenvalue weighted by atomic mass is 16.1. The van der Waals surface area contributed by atoms with Gasteiger partial charge >= 0.3 is 0 Å². The fourth-order valence-corrected chi connectivity index (χ4v) is 2.66. The van der Waals surface area contributed by atoms with Crippen LogP contribution in [-0.4, -0.2) is 25.7 Å². The number of carbonyl (C=O) groups excluding carboxylic acids is 2. The van der Waals surface area contributed by atoms with Gasteiger partial charge in [-0.15, -0.1) is 0 Å². The average Bonchev–Trinajstić information content (AvgIpc) is 2.50. The number of rotatable bonds is 2. The molecule has 3 rings (SSSR count). The number of hydrogen-bond acceptors (Lipinski definition) is 4. The minimum absolute atomic E-state index is 0.114. The van der Waals surface area contributed by atoms with Crippen LogP contribution in [0.2, 0.25) is 0 Å². The van der Waals surface area contributed by atoms with Gasteiger partial charge in [0.25, 0.3) is 0 Å². The molecule has 4 nitrogen and oxygen atoms in total. The van der Waals surface area contributed by atoms with Gasteiger partial charge in [0.1, 0.15) is 0 Å².